The van der Waals surface area contributed by atoms with Gasteiger partial charge in [0, 0.05) is 0 Å². The van der Waals surface area contributed by atoms with Gasteiger partial charge >= 0.3 is 0 Å². The Morgan fingerprint density at radius 3 is 1.06 bits per heavy atom. The first kappa shape index (κ1) is 53.1. The Bertz CT molecular complexity index is 1060. The van der Waals surface area contributed by atoms with Gasteiger partial charge in [0.05, 0.1) is 51.9 Å². The standard InChI is InChI=1S/C45H88O9/c1-36(18-11-19-37(2)22-35-46)20-21-38(47)45(10,54)34-17-33-44(9,53)32-16-31-43(8,52)30-15-29-42(7,51)28-14-27-41(6,50)26-13-25-40(5,49)24-12-23-39(3,4)48/h18,22,38,46-54H,11-17,19-21,23-35H2,1-10H3/b36-18+,37-22+/t38-,40-,41-,42-,43-,44-,45+/m1/s1. The van der Waals surface area contributed by atoms with Gasteiger partial charge in [-0.15, -0.1) is 0 Å². The van der Waals surface area contributed by atoms with Crippen LogP contribution in [0.5, 0.6) is 0 Å². The molecular weight excluding hydrogens is 684 g/mol. The highest BCUT2D eigenvalue weighted by Crippen LogP contribution is 2.32. The van der Waals surface area contributed by atoms with Crippen LogP contribution in [0.3, 0.4) is 0 Å². The van der Waals surface area contributed by atoms with E-state index in [-0.39, 0.29) is 6.61 Å². The molecule has 9 heteroatoms. The van der Waals surface area contributed by atoms with Crippen molar-refractivity contribution in [2.24, 2.45) is 0 Å². The van der Waals surface area contributed by atoms with Crippen molar-refractivity contribution < 1.29 is 46.0 Å². The van der Waals surface area contributed by atoms with Crippen LogP contribution >= 0.6 is 0 Å². The maximum atomic E-state index is 11.0. The Balaban J connectivity index is 4.45. The summed E-state index contributed by atoms with van der Waals surface area (Å²) < 4.78 is 0. The van der Waals surface area contributed by atoms with Crippen LogP contribution in [0.15, 0.2) is 23.3 Å². The predicted octanol–water partition coefficient (Wildman–Crippen LogP) is 8.09. The van der Waals surface area contributed by atoms with Gasteiger partial charge in [-0.3, -0.25) is 0 Å². The van der Waals surface area contributed by atoms with Gasteiger partial charge in [0.2, 0.25) is 0 Å². The summed E-state index contributed by atoms with van der Waals surface area (Å²) in [4.78, 5) is 0. The summed E-state index contributed by atoms with van der Waals surface area (Å²) in [5.74, 6) is 0. The lowest BCUT2D eigenvalue weighted by molar-refractivity contribution is -0.0746. The minimum absolute atomic E-state index is 0.0538. The molecule has 0 radical (unpaired) electrons. The maximum Gasteiger partial charge on any atom is 0.0877 e. The number of hydrogen-bond acceptors (Lipinski definition) is 9. The second-order valence-corrected chi connectivity index (χ2v) is 19.7. The van der Waals surface area contributed by atoms with Gasteiger partial charge in [0.1, 0.15) is 0 Å². The fraction of sp³-hybridized carbons (Fsp3) is 0.911. The highest BCUT2D eigenvalue weighted by atomic mass is 16.3. The lowest BCUT2D eigenvalue weighted by Crippen LogP contribution is -2.39. The van der Waals surface area contributed by atoms with E-state index in [1.165, 1.54) is 5.57 Å². The Morgan fingerprint density at radius 2 is 0.741 bits per heavy atom. The number of allylic oxidation sites excluding steroid dienone is 3. The van der Waals surface area contributed by atoms with E-state index < -0.39 is 45.3 Å². The molecule has 0 bridgehead atoms. The third-order valence-electron chi connectivity index (χ3n) is 11.6. The van der Waals surface area contributed by atoms with Crippen molar-refractivity contribution in [3.8, 4) is 0 Å². The highest BCUT2D eigenvalue weighted by Gasteiger charge is 2.32. The summed E-state index contributed by atoms with van der Waals surface area (Å²) in [6.45, 7) is 18.3. The smallest absolute Gasteiger partial charge is 0.0877 e. The SMILES string of the molecule is C/C(=C\CO)CC/C=C(\C)CC[C@@H](O)[C@@](C)(O)CCC[C@](C)(O)CCC[C@](C)(O)CCC[C@](C)(O)CCC[C@](C)(O)CCC[C@](C)(O)CCCC(C)(C)O. The fourth-order valence-corrected chi connectivity index (χ4v) is 7.50. The van der Waals surface area contributed by atoms with E-state index in [2.05, 4.69) is 6.08 Å². The summed E-state index contributed by atoms with van der Waals surface area (Å²) in [6, 6.07) is 0. The van der Waals surface area contributed by atoms with Crippen molar-refractivity contribution in [1.29, 1.82) is 0 Å². The second kappa shape index (κ2) is 24.1. The second-order valence-electron chi connectivity index (χ2n) is 19.7. The van der Waals surface area contributed by atoms with Gasteiger partial charge < -0.3 is 46.0 Å². The molecule has 7 atom stereocenters. The Kier molecular flexibility index (Phi) is 23.7. The zero-order chi connectivity index (χ0) is 41.9. The Hall–Kier alpha value is -0.880. The summed E-state index contributed by atoms with van der Waals surface area (Å²) >= 11 is 0. The topological polar surface area (TPSA) is 182 Å². The first-order valence-electron chi connectivity index (χ1n) is 21.2. The molecule has 0 fully saturated rings. The van der Waals surface area contributed by atoms with Gasteiger partial charge in [-0.05, 0) is 210 Å². The summed E-state index contributed by atoms with van der Waals surface area (Å²) in [5, 5.41) is 95.2. The van der Waals surface area contributed by atoms with E-state index in [9.17, 15) is 40.9 Å². The molecule has 0 amide bonds. The monoisotopic (exact) mass is 773 g/mol. The van der Waals surface area contributed by atoms with E-state index in [1.807, 2.05) is 47.6 Å². The van der Waals surface area contributed by atoms with Gasteiger partial charge in [0.25, 0.3) is 0 Å². The van der Waals surface area contributed by atoms with Crippen molar-refractivity contribution in [3.63, 3.8) is 0 Å². The minimum Gasteiger partial charge on any atom is -0.392 e. The van der Waals surface area contributed by atoms with Crippen molar-refractivity contribution >= 4 is 0 Å². The molecule has 0 unspecified atom stereocenters. The van der Waals surface area contributed by atoms with Crippen molar-refractivity contribution in [1.82, 2.24) is 0 Å². The van der Waals surface area contributed by atoms with Crippen molar-refractivity contribution in [3.05, 3.63) is 23.3 Å². The Morgan fingerprint density at radius 1 is 0.444 bits per heavy atom. The third kappa shape index (κ3) is 28.5. The average Bonchev–Trinajstić information content (AvgIpc) is 2.98. The molecule has 0 rings (SSSR count). The van der Waals surface area contributed by atoms with Crippen LogP contribution in [0.4, 0.5) is 0 Å². The molecule has 9 N–H and O–H groups in total. The molecule has 0 heterocycles. The van der Waals surface area contributed by atoms with Crippen molar-refractivity contribution in [2.45, 2.75) is 256 Å². The molecule has 0 aliphatic carbocycles. The van der Waals surface area contributed by atoms with E-state index in [1.54, 1.807) is 27.7 Å². The molecule has 322 valence electrons. The molecular formula is C45H88O9. The highest BCUT2D eigenvalue weighted by molar-refractivity contribution is 5.04. The molecule has 0 aromatic heterocycles. The molecule has 0 aliphatic heterocycles. The molecule has 0 spiro atoms. The van der Waals surface area contributed by atoms with Crippen LogP contribution in [0.25, 0.3) is 0 Å². The van der Waals surface area contributed by atoms with Crippen LogP contribution in [-0.4, -0.2) is 97.9 Å². The minimum atomic E-state index is -1.25. The normalized spacial score (nSPS) is 20.6. The lowest BCUT2D eigenvalue weighted by atomic mass is 9.83. The average molecular weight is 773 g/mol. The van der Waals surface area contributed by atoms with Gasteiger partial charge in [0.15, 0.2) is 0 Å². The number of aliphatic hydroxyl groups is 9. The molecule has 0 saturated heterocycles. The van der Waals surface area contributed by atoms with E-state index >= 15 is 0 Å². The van der Waals surface area contributed by atoms with Crippen LogP contribution < -0.4 is 0 Å². The number of rotatable bonds is 32. The zero-order valence-corrected chi connectivity index (χ0v) is 36.5. The zero-order valence-electron chi connectivity index (χ0n) is 36.5. The van der Waals surface area contributed by atoms with E-state index in [0.29, 0.717) is 122 Å². The number of aliphatic hydroxyl groups excluding tert-OH is 2. The first-order valence-corrected chi connectivity index (χ1v) is 21.2. The van der Waals surface area contributed by atoms with Crippen LogP contribution in [0, 0.1) is 0 Å². The molecule has 0 aliphatic rings. The quantitative estimate of drug-likeness (QED) is 0.0305. The lowest BCUT2D eigenvalue weighted by Gasteiger charge is -2.32. The Labute approximate surface area is 331 Å². The van der Waals surface area contributed by atoms with E-state index in [4.69, 9.17) is 5.11 Å². The molecule has 54 heavy (non-hydrogen) atoms. The van der Waals surface area contributed by atoms with Gasteiger partial charge in [-0.1, -0.05) is 23.3 Å². The summed E-state index contributed by atoms with van der Waals surface area (Å²) in [5.41, 5.74) is -4.13. The molecule has 0 saturated carbocycles. The van der Waals surface area contributed by atoms with Crippen LogP contribution in [0.1, 0.15) is 210 Å². The summed E-state index contributed by atoms with van der Waals surface area (Å²) in [7, 11) is 0. The molecule has 0 aromatic rings. The largest absolute Gasteiger partial charge is 0.392 e. The predicted molar refractivity (Wildman–Crippen MR) is 222 cm³/mol. The molecule has 9 nitrogen and oxygen atoms in total. The summed E-state index contributed by atoms with van der Waals surface area (Å²) in [6.07, 6.45) is 16.5. The van der Waals surface area contributed by atoms with E-state index in [0.717, 1.165) is 24.8 Å². The number of hydrogen-bond donors (Lipinski definition) is 9. The first-order chi connectivity index (χ1) is 24.5. The maximum absolute atomic E-state index is 11.0. The van der Waals surface area contributed by atoms with Crippen LogP contribution in [-0.2, 0) is 0 Å². The van der Waals surface area contributed by atoms with Crippen molar-refractivity contribution in [2.75, 3.05) is 6.61 Å². The van der Waals surface area contributed by atoms with Gasteiger partial charge in [-0.25, -0.2) is 0 Å². The molecule has 0 aromatic carbocycles. The van der Waals surface area contributed by atoms with Gasteiger partial charge in [-0.2, -0.15) is 0 Å². The fourth-order valence-electron chi connectivity index (χ4n) is 7.50. The van der Waals surface area contributed by atoms with Crippen LogP contribution in [0.2, 0.25) is 0 Å². The third-order valence-corrected chi connectivity index (χ3v) is 11.6.